The quantitative estimate of drug-likeness (QED) is 0.564. The third-order valence-corrected chi connectivity index (χ3v) is 2.91. The van der Waals surface area contributed by atoms with Gasteiger partial charge in [0.15, 0.2) is 0 Å². The highest BCUT2D eigenvalue weighted by molar-refractivity contribution is 7.13. The van der Waals surface area contributed by atoms with Crippen LogP contribution in [0.25, 0.3) is 10.1 Å². The summed E-state index contributed by atoms with van der Waals surface area (Å²) in [6.45, 7) is 0. The van der Waals surface area contributed by atoms with Gasteiger partial charge < -0.3 is 4.84 Å². The summed E-state index contributed by atoms with van der Waals surface area (Å²) in [4.78, 5) is 30.2. The van der Waals surface area contributed by atoms with Crippen LogP contribution in [0.4, 0.5) is 5.69 Å². The summed E-state index contributed by atoms with van der Waals surface area (Å²) >= 11 is 1.16. The van der Waals surface area contributed by atoms with Crippen molar-refractivity contribution in [1.82, 2.24) is 4.12 Å². The Morgan fingerprint density at radius 3 is 3.00 bits per heavy atom. The van der Waals surface area contributed by atoms with Gasteiger partial charge in [-0.05, 0) is 23.7 Å². The number of hydrogen-bond acceptors (Lipinski definition) is 5. The fraction of sp³-hybridized carbons (Fsp3) is 0.111. The zero-order valence-electron chi connectivity index (χ0n) is 7.76. The summed E-state index contributed by atoms with van der Waals surface area (Å²) in [5.74, 6) is 0. The molecule has 76 valence electrons. The first kappa shape index (κ1) is 9.64. The van der Waals surface area contributed by atoms with Gasteiger partial charge in [0.05, 0.1) is 15.8 Å². The van der Waals surface area contributed by atoms with E-state index in [-0.39, 0.29) is 5.56 Å². The van der Waals surface area contributed by atoms with Crippen molar-refractivity contribution in [3.8, 4) is 0 Å². The summed E-state index contributed by atoms with van der Waals surface area (Å²) < 4.78 is 1.85. The molecule has 0 saturated carbocycles. The SMILES string of the molecule is COn1sc2cccc(N=C=O)c2c1=O. The second kappa shape index (κ2) is 3.68. The van der Waals surface area contributed by atoms with Crippen molar-refractivity contribution < 1.29 is 9.63 Å². The van der Waals surface area contributed by atoms with Crippen molar-refractivity contribution in [2.75, 3.05) is 7.11 Å². The van der Waals surface area contributed by atoms with Crippen LogP contribution >= 0.6 is 11.5 Å². The van der Waals surface area contributed by atoms with E-state index in [4.69, 9.17) is 4.84 Å². The number of aliphatic imine (C=N–C) groups is 1. The molecule has 15 heavy (non-hydrogen) atoms. The van der Waals surface area contributed by atoms with Crippen molar-refractivity contribution in [2.24, 2.45) is 4.99 Å². The van der Waals surface area contributed by atoms with Gasteiger partial charge in [-0.15, -0.1) is 0 Å². The van der Waals surface area contributed by atoms with E-state index in [0.29, 0.717) is 11.1 Å². The number of nitrogens with zero attached hydrogens (tertiary/aromatic N) is 2. The Labute approximate surface area is 88.3 Å². The summed E-state index contributed by atoms with van der Waals surface area (Å²) in [5.41, 5.74) is 0.00616. The molecule has 5 nitrogen and oxygen atoms in total. The highest BCUT2D eigenvalue weighted by Gasteiger charge is 2.11. The second-order valence-electron chi connectivity index (χ2n) is 2.69. The van der Waals surface area contributed by atoms with Gasteiger partial charge in [-0.1, -0.05) is 10.2 Å². The van der Waals surface area contributed by atoms with Crippen molar-refractivity contribution in [2.45, 2.75) is 0 Å². The number of fused-ring (bicyclic) bond motifs is 1. The minimum atomic E-state index is -0.313. The first-order chi connectivity index (χ1) is 7.27. The van der Waals surface area contributed by atoms with E-state index in [9.17, 15) is 9.59 Å². The molecule has 1 aromatic carbocycles. The van der Waals surface area contributed by atoms with Crippen LogP contribution in [0, 0.1) is 0 Å². The summed E-state index contributed by atoms with van der Waals surface area (Å²) in [7, 11) is 1.40. The Morgan fingerprint density at radius 2 is 2.33 bits per heavy atom. The minimum Gasteiger partial charge on any atom is -0.404 e. The van der Waals surface area contributed by atoms with E-state index >= 15 is 0 Å². The highest BCUT2D eigenvalue weighted by Crippen LogP contribution is 2.25. The van der Waals surface area contributed by atoms with Crippen LogP contribution in [0.3, 0.4) is 0 Å². The maximum Gasteiger partial charge on any atom is 0.304 e. The molecule has 0 spiro atoms. The molecule has 0 fully saturated rings. The van der Waals surface area contributed by atoms with E-state index in [2.05, 4.69) is 4.99 Å². The molecule has 2 aromatic rings. The molecule has 0 amide bonds. The molecule has 0 aliphatic heterocycles. The Morgan fingerprint density at radius 1 is 1.53 bits per heavy atom. The van der Waals surface area contributed by atoms with Crippen LogP contribution in [0.2, 0.25) is 0 Å². The minimum absolute atomic E-state index is 0.313. The van der Waals surface area contributed by atoms with Crippen LogP contribution in [0.1, 0.15) is 0 Å². The van der Waals surface area contributed by atoms with Crippen LogP contribution in [0.15, 0.2) is 28.0 Å². The maximum atomic E-state index is 11.7. The Kier molecular flexibility index (Phi) is 2.37. The van der Waals surface area contributed by atoms with E-state index in [1.165, 1.54) is 13.2 Å². The lowest BCUT2D eigenvalue weighted by Gasteiger charge is -1.91. The lowest BCUT2D eigenvalue weighted by molar-refractivity contribution is 0.189. The van der Waals surface area contributed by atoms with Crippen LogP contribution in [-0.4, -0.2) is 17.3 Å². The van der Waals surface area contributed by atoms with E-state index in [1.807, 2.05) is 0 Å². The zero-order chi connectivity index (χ0) is 10.8. The third-order valence-electron chi connectivity index (χ3n) is 1.90. The predicted molar refractivity (Wildman–Crippen MR) is 56.4 cm³/mol. The van der Waals surface area contributed by atoms with Crippen LogP contribution < -0.4 is 10.4 Å². The molecule has 0 atom stereocenters. The standard InChI is InChI=1S/C9H6N2O3S/c1-14-11-9(13)8-6(10-5-12)3-2-4-7(8)15-11/h2-4H,1H3. The molecule has 0 N–H and O–H groups in total. The maximum absolute atomic E-state index is 11.7. The molecule has 0 saturated heterocycles. The van der Waals surface area contributed by atoms with Gasteiger partial charge in [0, 0.05) is 0 Å². The molecule has 1 heterocycles. The van der Waals surface area contributed by atoms with Crippen LogP contribution in [-0.2, 0) is 4.79 Å². The third kappa shape index (κ3) is 1.45. The average Bonchev–Trinajstić information content (AvgIpc) is 2.57. The number of carbonyl (C=O) groups excluding carboxylic acids is 1. The Balaban J connectivity index is 2.90. The number of hydrogen-bond donors (Lipinski definition) is 0. The smallest absolute Gasteiger partial charge is 0.304 e. The van der Waals surface area contributed by atoms with Gasteiger partial charge in [-0.2, -0.15) is 4.99 Å². The molecular formula is C9H6N2O3S. The molecule has 0 aliphatic rings. The Hall–Kier alpha value is -1.91. The van der Waals surface area contributed by atoms with Gasteiger partial charge in [0.1, 0.15) is 7.11 Å². The fourth-order valence-corrected chi connectivity index (χ4v) is 2.15. The zero-order valence-corrected chi connectivity index (χ0v) is 8.58. The lowest BCUT2D eigenvalue weighted by atomic mass is 10.2. The van der Waals surface area contributed by atoms with Crippen LogP contribution in [0.5, 0.6) is 0 Å². The second-order valence-corrected chi connectivity index (χ2v) is 3.64. The Bertz CT molecular complexity index is 607. The van der Waals surface area contributed by atoms with E-state index < -0.39 is 0 Å². The molecule has 0 bridgehead atoms. The summed E-state index contributed by atoms with van der Waals surface area (Å²) in [6.07, 6.45) is 1.42. The van der Waals surface area contributed by atoms with Crippen molar-refractivity contribution >= 4 is 33.4 Å². The monoisotopic (exact) mass is 222 g/mol. The van der Waals surface area contributed by atoms with Crippen molar-refractivity contribution in [3.05, 3.63) is 28.6 Å². The molecule has 1 aromatic heterocycles. The summed E-state index contributed by atoms with van der Waals surface area (Å²) in [6, 6.07) is 5.07. The first-order valence-corrected chi connectivity index (χ1v) is 4.82. The lowest BCUT2D eigenvalue weighted by Crippen LogP contribution is -2.17. The molecular weight excluding hydrogens is 216 g/mol. The van der Waals surface area contributed by atoms with Gasteiger partial charge in [0.2, 0.25) is 6.08 Å². The first-order valence-electron chi connectivity index (χ1n) is 4.05. The van der Waals surface area contributed by atoms with Crippen molar-refractivity contribution in [1.29, 1.82) is 0 Å². The predicted octanol–water partition coefficient (Wildman–Crippen LogP) is 1.09. The number of isocyanates is 1. The largest absolute Gasteiger partial charge is 0.404 e. The number of aromatic nitrogens is 1. The number of rotatable bonds is 2. The molecule has 0 aliphatic carbocycles. The highest BCUT2D eigenvalue weighted by atomic mass is 32.1. The van der Waals surface area contributed by atoms with E-state index in [1.54, 1.807) is 18.2 Å². The van der Waals surface area contributed by atoms with Gasteiger partial charge in [0.25, 0.3) is 0 Å². The molecule has 2 rings (SSSR count). The fourth-order valence-electron chi connectivity index (χ4n) is 1.30. The molecule has 0 unspecified atom stereocenters. The topological polar surface area (TPSA) is 60.7 Å². The molecule has 0 radical (unpaired) electrons. The summed E-state index contributed by atoms with van der Waals surface area (Å²) in [5, 5.41) is 0.382. The van der Waals surface area contributed by atoms with Gasteiger partial charge >= 0.3 is 5.56 Å². The van der Waals surface area contributed by atoms with Crippen molar-refractivity contribution in [3.63, 3.8) is 0 Å². The van der Waals surface area contributed by atoms with E-state index in [0.717, 1.165) is 20.4 Å². The normalized spacial score (nSPS) is 9.93. The number of benzene rings is 1. The average molecular weight is 222 g/mol. The van der Waals surface area contributed by atoms with Gasteiger partial charge in [-0.25, -0.2) is 4.79 Å². The van der Waals surface area contributed by atoms with Gasteiger partial charge in [-0.3, -0.25) is 4.79 Å². The molecule has 6 heteroatoms.